The van der Waals surface area contributed by atoms with Gasteiger partial charge in [-0.2, -0.15) is 0 Å². The van der Waals surface area contributed by atoms with Gasteiger partial charge in [-0.25, -0.2) is 4.79 Å². The SMILES string of the molecule is Cc1cccc(/C=C/NC(=O)N2CCCc3ccccc32)c1. The van der Waals surface area contributed by atoms with Crippen LogP contribution in [0.1, 0.15) is 23.1 Å². The van der Waals surface area contributed by atoms with Crippen LogP contribution in [0.3, 0.4) is 0 Å². The van der Waals surface area contributed by atoms with Crippen LogP contribution in [0.4, 0.5) is 10.5 Å². The molecule has 1 heterocycles. The van der Waals surface area contributed by atoms with Crippen LogP contribution >= 0.6 is 0 Å². The molecule has 2 amide bonds. The largest absolute Gasteiger partial charge is 0.325 e. The zero-order valence-corrected chi connectivity index (χ0v) is 12.8. The van der Waals surface area contributed by atoms with Crippen molar-refractivity contribution in [1.82, 2.24) is 5.32 Å². The normalized spacial score (nSPS) is 14.0. The molecule has 3 nitrogen and oxygen atoms in total. The highest BCUT2D eigenvalue weighted by Gasteiger charge is 2.21. The van der Waals surface area contributed by atoms with Crippen LogP contribution in [-0.4, -0.2) is 12.6 Å². The fourth-order valence-corrected chi connectivity index (χ4v) is 2.81. The van der Waals surface area contributed by atoms with Crippen LogP contribution in [0.25, 0.3) is 6.08 Å². The predicted octanol–water partition coefficient (Wildman–Crippen LogP) is 4.13. The molecule has 0 fully saturated rings. The van der Waals surface area contributed by atoms with E-state index >= 15 is 0 Å². The summed E-state index contributed by atoms with van der Waals surface area (Å²) in [6.07, 6.45) is 5.68. The summed E-state index contributed by atoms with van der Waals surface area (Å²) in [6, 6.07) is 16.2. The number of benzene rings is 2. The Morgan fingerprint density at radius 3 is 2.91 bits per heavy atom. The van der Waals surface area contributed by atoms with Crippen molar-refractivity contribution >= 4 is 17.8 Å². The van der Waals surface area contributed by atoms with Crippen molar-refractivity contribution in [3.63, 3.8) is 0 Å². The maximum atomic E-state index is 12.4. The van der Waals surface area contributed by atoms with Gasteiger partial charge < -0.3 is 5.32 Å². The van der Waals surface area contributed by atoms with Crippen molar-refractivity contribution in [2.24, 2.45) is 0 Å². The van der Waals surface area contributed by atoms with Gasteiger partial charge in [-0.3, -0.25) is 4.90 Å². The van der Waals surface area contributed by atoms with Gasteiger partial charge in [-0.05, 0) is 43.0 Å². The molecule has 0 bridgehead atoms. The second-order valence-electron chi connectivity index (χ2n) is 5.58. The van der Waals surface area contributed by atoms with Crippen molar-refractivity contribution in [3.8, 4) is 0 Å². The van der Waals surface area contributed by atoms with Crippen LogP contribution in [-0.2, 0) is 6.42 Å². The number of nitrogens with zero attached hydrogens (tertiary/aromatic N) is 1. The van der Waals surface area contributed by atoms with Crippen LogP contribution in [0, 0.1) is 6.92 Å². The smallest absolute Gasteiger partial charge is 0.314 e. The molecule has 1 aliphatic rings. The maximum absolute atomic E-state index is 12.4. The Morgan fingerprint density at radius 1 is 1.18 bits per heavy atom. The second-order valence-corrected chi connectivity index (χ2v) is 5.58. The van der Waals surface area contributed by atoms with E-state index in [4.69, 9.17) is 0 Å². The summed E-state index contributed by atoms with van der Waals surface area (Å²) in [5, 5.41) is 2.87. The van der Waals surface area contributed by atoms with Crippen molar-refractivity contribution in [3.05, 3.63) is 71.4 Å². The first-order valence-electron chi connectivity index (χ1n) is 7.63. The van der Waals surface area contributed by atoms with E-state index in [1.807, 2.05) is 41.3 Å². The number of nitrogens with one attached hydrogen (secondary N) is 1. The lowest BCUT2D eigenvalue weighted by molar-refractivity contribution is 0.249. The number of aryl methyl sites for hydroxylation is 2. The average molecular weight is 292 g/mol. The van der Waals surface area contributed by atoms with Crippen molar-refractivity contribution < 1.29 is 4.79 Å². The van der Waals surface area contributed by atoms with Gasteiger partial charge >= 0.3 is 6.03 Å². The molecule has 0 atom stereocenters. The third kappa shape index (κ3) is 3.19. The van der Waals surface area contributed by atoms with Crippen molar-refractivity contribution in [1.29, 1.82) is 0 Å². The number of carbonyl (C=O) groups excluding carboxylic acids is 1. The third-order valence-corrected chi connectivity index (χ3v) is 3.88. The number of fused-ring (bicyclic) bond motifs is 1. The van der Waals surface area contributed by atoms with E-state index in [0.717, 1.165) is 30.6 Å². The number of amides is 2. The number of para-hydroxylation sites is 1. The first-order valence-corrected chi connectivity index (χ1v) is 7.63. The quantitative estimate of drug-likeness (QED) is 0.887. The number of hydrogen-bond donors (Lipinski definition) is 1. The first-order chi connectivity index (χ1) is 10.7. The monoisotopic (exact) mass is 292 g/mol. The minimum atomic E-state index is -0.0731. The molecule has 1 N–H and O–H groups in total. The summed E-state index contributed by atoms with van der Waals surface area (Å²) in [5.74, 6) is 0. The Hall–Kier alpha value is -2.55. The molecule has 3 heteroatoms. The van der Waals surface area contributed by atoms with E-state index in [-0.39, 0.29) is 6.03 Å². The standard InChI is InChI=1S/C19H20N2O/c1-15-6-4-7-16(14-15)11-12-20-19(22)21-13-5-9-17-8-2-3-10-18(17)21/h2-4,6-8,10-12,14H,5,9,13H2,1H3,(H,20,22)/b12-11+. The lowest BCUT2D eigenvalue weighted by Gasteiger charge is -2.28. The number of carbonyl (C=O) groups is 1. The lowest BCUT2D eigenvalue weighted by atomic mass is 10.0. The molecule has 112 valence electrons. The van der Waals surface area contributed by atoms with E-state index in [2.05, 4.69) is 30.4 Å². The van der Waals surface area contributed by atoms with E-state index in [1.54, 1.807) is 6.20 Å². The Morgan fingerprint density at radius 2 is 2.05 bits per heavy atom. The van der Waals surface area contributed by atoms with Gasteiger partial charge in [0.15, 0.2) is 0 Å². The minimum absolute atomic E-state index is 0.0731. The molecule has 0 spiro atoms. The van der Waals surface area contributed by atoms with Crippen LogP contribution in [0.2, 0.25) is 0 Å². The molecule has 0 unspecified atom stereocenters. The van der Waals surface area contributed by atoms with Gasteiger partial charge in [-0.15, -0.1) is 0 Å². The Labute approximate surface area is 131 Å². The molecular formula is C19H20N2O. The van der Waals surface area contributed by atoms with Crippen molar-refractivity contribution in [2.75, 3.05) is 11.4 Å². The van der Waals surface area contributed by atoms with E-state index < -0.39 is 0 Å². The second kappa shape index (κ2) is 6.48. The van der Waals surface area contributed by atoms with E-state index in [1.165, 1.54) is 11.1 Å². The lowest BCUT2D eigenvalue weighted by Crippen LogP contribution is -2.40. The Balaban J connectivity index is 1.68. The molecular weight excluding hydrogens is 272 g/mol. The van der Waals surface area contributed by atoms with E-state index in [0.29, 0.717) is 0 Å². The van der Waals surface area contributed by atoms with Gasteiger partial charge in [-0.1, -0.05) is 48.0 Å². The molecule has 22 heavy (non-hydrogen) atoms. The van der Waals surface area contributed by atoms with Crippen LogP contribution in [0.15, 0.2) is 54.7 Å². The highest BCUT2D eigenvalue weighted by Crippen LogP contribution is 2.26. The first kappa shape index (κ1) is 14.4. The Bertz CT molecular complexity index is 706. The summed E-state index contributed by atoms with van der Waals surface area (Å²) in [4.78, 5) is 14.2. The summed E-state index contributed by atoms with van der Waals surface area (Å²) < 4.78 is 0. The predicted molar refractivity (Wildman–Crippen MR) is 90.9 cm³/mol. The van der Waals surface area contributed by atoms with Crippen molar-refractivity contribution in [2.45, 2.75) is 19.8 Å². The number of urea groups is 1. The van der Waals surface area contributed by atoms with Gasteiger partial charge in [0.1, 0.15) is 0 Å². The van der Waals surface area contributed by atoms with Gasteiger partial charge in [0, 0.05) is 18.4 Å². The average Bonchev–Trinajstić information content (AvgIpc) is 2.54. The van der Waals surface area contributed by atoms with Crippen LogP contribution in [0.5, 0.6) is 0 Å². The van der Waals surface area contributed by atoms with E-state index in [9.17, 15) is 4.79 Å². The summed E-state index contributed by atoms with van der Waals surface area (Å²) in [7, 11) is 0. The highest BCUT2D eigenvalue weighted by atomic mass is 16.2. The van der Waals surface area contributed by atoms with Gasteiger partial charge in [0.2, 0.25) is 0 Å². The molecule has 2 aromatic carbocycles. The number of hydrogen-bond acceptors (Lipinski definition) is 1. The third-order valence-electron chi connectivity index (χ3n) is 3.88. The number of rotatable bonds is 2. The maximum Gasteiger partial charge on any atom is 0.325 e. The molecule has 0 saturated carbocycles. The molecule has 0 saturated heterocycles. The zero-order chi connectivity index (χ0) is 15.4. The molecule has 1 aliphatic heterocycles. The highest BCUT2D eigenvalue weighted by molar-refractivity contribution is 5.94. The summed E-state index contributed by atoms with van der Waals surface area (Å²) in [6.45, 7) is 2.82. The summed E-state index contributed by atoms with van der Waals surface area (Å²) >= 11 is 0. The fraction of sp³-hybridized carbons (Fsp3) is 0.211. The fourth-order valence-electron chi connectivity index (χ4n) is 2.81. The minimum Gasteiger partial charge on any atom is -0.314 e. The van der Waals surface area contributed by atoms with Gasteiger partial charge in [0.05, 0.1) is 0 Å². The molecule has 3 rings (SSSR count). The molecule has 0 aliphatic carbocycles. The Kier molecular flexibility index (Phi) is 4.24. The molecule has 0 aromatic heterocycles. The summed E-state index contributed by atoms with van der Waals surface area (Å²) in [5.41, 5.74) is 4.56. The zero-order valence-electron chi connectivity index (χ0n) is 12.8. The molecule has 0 radical (unpaired) electrons. The van der Waals surface area contributed by atoms with Gasteiger partial charge in [0.25, 0.3) is 0 Å². The van der Waals surface area contributed by atoms with Crippen LogP contribution < -0.4 is 10.2 Å². The molecule has 2 aromatic rings. The topological polar surface area (TPSA) is 32.3 Å². The number of anilines is 1.